The van der Waals surface area contributed by atoms with Gasteiger partial charge in [0.2, 0.25) is 0 Å². The molecule has 0 amide bonds. The van der Waals surface area contributed by atoms with Crippen LogP contribution in [0.2, 0.25) is 0 Å². The molecule has 14 heavy (non-hydrogen) atoms. The van der Waals surface area contributed by atoms with Crippen LogP contribution >= 0.6 is 11.8 Å². The summed E-state index contributed by atoms with van der Waals surface area (Å²) in [6.45, 7) is 4.66. The zero-order chi connectivity index (χ0) is 10.4. The van der Waals surface area contributed by atoms with Gasteiger partial charge in [-0.05, 0) is 38.4 Å². The van der Waals surface area contributed by atoms with Gasteiger partial charge in [-0.2, -0.15) is 11.8 Å². The van der Waals surface area contributed by atoms with Crippen molar-refractivity contribution in [3.8, 4) is 0 Å². The quantitative estimate of drug-likeness (QED) is 0.729. The molecule has 84 valence electrons. The van der Waals surface area contributed by atoms with Crippen molar-refractivity contribution < 1.29 is 0 Å². The van der Waals surface area contributed by atoms with E-state index in [9.17, 15) is 0 Å². The molecule has 1 aliphatic carbocycles. The molecule has 0 heterocycles. The summed E-state index contributed by atoms with van der Waals surface area (Å²) >= 11 is 1.96. The Hall–Kier alpha value is 0.310. The molecule has 2 unspecified atom stereocenters. The van der Waals surface area contributed by atoms with Crippen LogP contribution in [-0.4, -0.2) is 24.1 Å². The molecule has 2 heteroatoms. The molecule has 1 aliphatic rings. The van der Waals surface area contributed by atoms with Gasteiger partial charge in [0.25, 0.3) is 0 Å². The van der Waals surface area contributed by atoms with E-state index in [1.54, 1.807) is 0 Å². The monoisotopic (exact) mass is 215 g/mol. The molecule has 1 rings (SSSR count). The molecule has 2 atom stereocenters. The van der Waals surface area contributed by atoms with Crippen molar-refractivity contribution in [2.45, 2.75) is 58.0 Å². The zero-order valence-electron chi connectivity index (χ0n) is 9.88. The molecule has 0 aromatic rings. The second kappa shape index (κ2) is 6.73. The molecule has 0 bridgehead atoms. The van der Waals surface area contributed by atoms with E-state index in [0.29, 0.717) is 0 Å². The van der Waals surface area contributed by atoms with Gasteiger partial charge >= 0.3 is 0 Å². The number of thioether (sulfide) groups is 1. The summed E-state index contributed by atoms with van der Waals surface area (Å²) in [5.74, 6) is 2.21. The van der Waals surface area contributed by atoms with Crippen molar-refractivity contribution in [2.75, 3.05) is 12.0 Å². The lowest BCUT2D eigenvalue weighted by Crippen LogP contribution is -2.41. The SMILES string of the molecule is CCC(CSC)NC(C)C1CCCC1. The maximum atomic E-state index is 3.79. The van der Waals surface area contributed by atoms with Crippen LogP contribution in [0.1, 0.15) is 46.0 Å². The number of hydrogen-bond acceptors (Lipinski definition) is 2. The summed E-state index contributed by atoms with van der Waals surface area (Å²) < 4.78 is 0. The number of nitrogens with one attached hydrogen (secondary N) is 1. The van der Waals surface area contributed by atoms with Crippen molar-refractivity contribution in [2.24, 2.45) is 5.92 Å². The summed E-state index contributed by atoms with van der Waals surface area (Å²) in [4.78, 5) is 0. The second-order valence-electron chi connectivity index (χ2n) is 4.56. The first-order valence-electron chi connectivity index (χ1n) is 6.03. The Labute approximate surface area is 93.4 Å². The average Bonchev–Trinajstić information content (AvgIpc) is 2.69. The minimum Gasteiger partial charge on any atom is -0.310 e. The summed E-state index contributed by atoms with van der Waals surface area (Å²) in [6, 6.07) is 1.45. The van der Waals surface area contributed by atoms with Gasteiger partial charge in [0, 0.05) is 17.8 Å². The highest BCUT2D eigenvalue weighted by Crippen LogP contribution is 2.27. The molecule has 1 nitrogen and oxygen atoms in total. The summed E-state index contributed by atoms with van der Waals surface area (Å²) in [5, 5.41) is 3.79. The lowest BCUT2D eigenvalue weighted by molar-refractivity contribution is 0.348. The van der Waals surface area contributed by atoms with Gasteiger partial charge in [0.05, 0.1) is 0 Å². The molecule has 1 saturated carbocycles. The molecule has 0 spiro atoms. The molecule has 1 fully saturated rings. The molecular weight excluding hydrogens is 190 g/mol. The average molecular weight is 215 g/mol. The van der Waals surface area contributed by atoms with Crippen molar-refractivity contribution in [1.29, 1.82) is 0 Å². The lowest BCUT2D eigenvalue weighted by atomic mass is 9.99. The Balaban J connectivity index is 2.25. The van der Waals surface area contributed by atoms with E-state index in [4.69, 9.17) is 0 Å². The maximum absolute atomic E-state index is 3.79. The minimum atomic E-state index is 0.723. The fourth-order valence-corrected chi connectivity index (χ4v) is 3.18. The standard InChI is InChI=1S/C12H25NS/c1-4-12(9-14-3)13-10(2)11-7-5-6-8-11/h10-13H,4-9H2,1-3H3. The third kappa shape index (κ3) is 3.82. The van der Waals surface area contributed by atoms with Gasteiger partial charge in [0.15, 0.2) is 0 Å². The molecular formula is C12H25NS. The third-order valence-electron chi connectivity index (χ3n) is 3.47. The van der Waals surface area contributed by atoms with Gasteiger partial charge in [-0.1, -0.05) is 19.8 Å². The summed E-state index contributed by atoms with van der Waals surface area (Å²) in [7, 11) is 0. The Morgan fingerprint density at radius 1 is 1.36 bits per heavy atom. The van der Waals surface area contributed by atoms with E-state index in [-0.39, 0.29) is 0 Å². The third-order valence-corrected chi connectivity index (χ3v) is 4.20. The molecule has 0 radical (unpaired) electrons. The number of hydrogen-bond donors (Lipinski definition) is 1. The van der Waals surface area contributed by atoms with E-state index in [1.807, 2.05) is 11.8 Å². The van der Waals surface area contributed by atoms with Crippen LogP contribution in [-0.2, 0) is 0 Å². The Bertz CT molecular complexity index is 143. The normalized spacial score (nSPS) is 22.5. The van der Waals surface area contributed by atoms with Crippen molar-refractivity contribution in [3.63, 3.8) is 0 Å². The van der Waals surface area contributed by atoms with Gasteiger partial charge in [0.1, 0.15) is 0 Å². The van der Waals surface area contributed by atoms with Crippen LogP contribution in [0.25, 0.3) is 0 Å². The highest BCUT2D eigenvalue weighted by atomic mass is 32.2. The van der Waals surface area contributed by atoms with Crippen LogP contribution in [0.3, 0.4) is 0 Å². The molecule has 1 N–H and O–H groups in total. The minimum absolute atomic E-state index is 0.723. The second-order valence-corrected chi connectivity index (χ2v) is 5.47. The van der Waals surface area contributed by atoms with E-state index in [0.717, 1.165) is 18.0 Å². The fraction of sp³-hybridized carbons (Fsp3) is 1.00. The van der Waals surface area contributed by atoms with Crippen LogP contribution in [0, 0.1) is 5.92 Å². The Morgan fingerprint density at radius 2 is 2.00 bits per heavy atom. The topological polar surface area (TPSA) is 12.0 Å². The van der Waals surface area contributed by atoms with Crippen molar-refractivity contribution in [3.05, 3.63) is 0 Å². The molecule has 0 saturated heterocycles. The van der Waals surface area contributed by atoms with E-state index in [1.165, 1.54) is 37.9 Å². The lowest BCUT2D eigenvalue weighted by Gasteiger charge is -2.26. The van der Waals surface area contributed by atoms with E-state index >= 15 is 0 Å². The first kappa shape index (κ1) is 12.4. The summed E-state index contributed by atoms with van der Waals surface area (Å²) in [6.07, 6.45) is 9.27. The van der Waals surface area contributed by atoms with Crippen LogP contribution in [0.4, 0.5) is 0 Å². The first-order chi connectivity index (χ1) is 6.77. The first-order valence-corrected chi connectivity index (χ1v) is 7.42. The highest BCUT2D eigenvalue weighted by molar-refractivity contribution is 7.98. The molecule has 0 aliphatic heterocycles. The van der Waals surface area contributed by atoms with Gasteiger partial charge in [-0.15, -0.1) is 0 Å². The van der Waals surface area contributed by atoms with E-state index < -0.39 is 0 Å². The predicted molar refractivity (Wildman–Crippen MR) is 67.0 cm³/mol. The molecule has 0 aromatic carbocycles. The highest BCUT2D eigenvalue weighted by Gasteiger charge is 2.22. The largest absolute Gasteiger partial charge is 0.310 e. The van der Waals surface area contributed by atoms with Crippen LogP contribution < -0.4 is 5.32 Å². The molecule has 0 aromatic heterocycles. The van der Waals surface area contributed by atoms with Crippen molar-refractivity contribution >= 4 is 11.8 Å². The number of rotatable bonds is 6. The van der Waals surface area contributed by atoms with Gasteiger partial charge < -0.3 is 5.32 Å². The maximum Gasteiger partial charge on any atom is 0.0158 e. The zero-order valence-corrected chi connectivity index (χ0v) is 10.7. The Morgan fingerprint density at radius 3 is 2.50 bits per heavy atom. The smallest absolute Gasteiger partial charge is 0.0158 e. The van der Waals surface area contributed by atoms with Gasteiger partial charge in [-0.25, -0.2) is 0 Å². The predicted octanol–water partition coefficient (Wildman–Crippen LogP) is 3.30. The van der Waals surface area contributed by atoms with Crippen LogP contribution in [0.15, 0.2) is 0 Å². The fourth-order valence-electron chi connectivity index (χ4n) is 2.45. The Kier molecular flexibility index (Phi) is 5.95. The summed E-state index contributed by atoms with van der Waals surface area (Å²) in [5.41, 5.74) is 0. The van der Waals surface area contributed by atoms with Gasteiger partial charge in [-0.3, -0.25) is 0 Å². The van der Waals surface area contributed by atoms with Crippen LogP contribution in [0.5, 0.6) is 0 Å². The van der Waals surface area contributed by atoms with Crippen molar-refractivity contribution in [1.82, 2.24) is 5.32 Å². The van der Waals surface area contributed by atoms with E-state index in [2.05, 4.69) is 25.4 Å².